The highest BCUT2D eigenvalue weighted by atomic mass is 19.4. The van der Waals surface area contributed by atoms with Crippen molar-refractivity contribution >= 4 is 29.3 Å². The molecule has 0 bridgehead atoms. The molecule has 0 unspecified atom stereocenters. The Bertz CT molecular complexity index is 2090. The number of halogens is 3. The Hall–Kier alpha value is -5.54. The van der Waals surface area contributed by atoms with E-state index >= 15 is 0 Å². The van der Waals surface area contributed by atoms with Gasteiger partial charge in [0, 0.05) is 88.5 Å². The number of alkyl halides is 3. The van der Waals surface area contributed by atoms with Crippen LogP contribution in [0.3, 0.4) is 0 Å². The minimum atomic E-state index is -4.49. The van der Waals surface area contributed by atoms with Crippen LogP contribution in [0, 0.1) is 0 Å². The number of benzene rings is 2. The smallest absolute Gasteiger partial charge is 0.416 e. The van der Waals surface area contributed by atoms with Gasteiger partial charge in [-0.25, -0.2) is 9.78 Å². The molecule has 0 saturated carbocycles. The van der Waals surface area contributed by atoms with Gasteiger partial charge in [-0.1, -0.05) is 18.2 Å². The number of nitrogens with zero attached hydrogens (tertiary/aromatic N) is 6. The fourth-order valence-corrected chi connectivity index (χ4v) is 7.09. The van der Waals surface area contributed by atoms with E-state index in [1.807, 2.05) is 58.2 Å². The van der Waals surface area contributed by atoms with E-state index in [1.54, 1.807) is 17.0 Å². The van der Waals surface area contributed by atoms with Crippen LogP contribution in [0.25, 0.3) is 11.3 Å². The highest BCUT2D eigenvalue weighted by Gasteiger charge is 2.30. The van der Waals surface area contributed by atoms with Gasteiger partial charge in [0.15, 0.2) is 0 Å². The maximum absolute atomic E-state index is 13.8. The molecular weight excluding hydrogens is 762 g/mol. The van der Waals surface area contributed by atoms with Crippen LogP contribution in [0.2, 0.25) is 0 Å². The third-order valence-electron chi connectivity index (χ3n) is 10.3. The van der Waals surface area contributed by atoms with E-state index in [1.165, 1.54) is 24.4 Å². The maximum atomic E-state index is 13.8. The third-order valence-corrected chi connectivity index (χ3v) is 10.3. The molecule has 6 rings (SSSR count). The van der Waals surface area contributed by atoms with Crippen LogP contribution in [0.1, 0.15) is 77.7 Å². The van der Waals surface area contributed by atoms with Crippen molar-refractivity contribution in [3.8, 4) is 11.3 Å². The molecule has 59 heavy (non-hydrogen) atoms. The number of anilines is 2. The van der Waals surface area contributed by atoms with Crippen molar-refractivity contribution < 1.29 is 32.3 Å². The number of piperazine rings is 1. The summed E-state index contributed by atoms with van der Waals surface area (Å²) >= 11 is 0. The Morgan fingerprint density at radius 1 is 0.847 bits per heavy atom. The van der Waals surface area contributed by atoms with Crippen LogP contribution < -0.4 is 15.5 Å². The molecule has 0 aliphatic carbocycles. The van der Waals surface area contributed by atoms with Gasteiger partial charge in [0.2, 0.25) is 0 Å². The van der Waals surface area contributed by atoms with Crippen LogP contribution in [0.15, 0.2) is 79.0 Å². The van der Waals surface area contributed by atoms with Gasteiger partial charge in [0.1, 0.15) is 11.3 Å². The van der Waals surface area contributed by atoms with Gasteiger partial charge in [-0.15, -0.1) is 0 Å². The molecule has 2 aliphatic heterocycles. The quantitative estimate of drug-likeness (QED) is 0.152. The van der Waals surface area contributed by atoms with Crippen molar-refractivity contribution in [2.75, 3.05) is 69.6 Å². The SMILES string of the molecule is CN(CCN1CCN(C(=O)OC(C)(C)C)CC1)Cc1cccc(C(=O)Nc2ccc(N3CCCCC3)cc2-c2cc(C(=O)NCc3cccc(C(F)(F)F)c3)ccn2)n1. The second kappa shape index (κ2) is 19.0. The van der Waals surface area contributed by atoms with E-state index in [2.05, 4.69) is 30.3 Å². The lowest BCUT2D eigenvalue weighted by Gasteiger charge is -2.36. The standard InChI is InChI=1S/C44H53F3N8O4/c1-43(2,3)59-42(58)55-24-22-53(23-25-55)21-20-52(4)30-34-12-9-13-38(50-34)41(57)51-37-15-14-35(54-18-6-5-7-19-54)28-36(37)39-27-32(16-17-48-39)40(56)49-29-31-10-8-11-33(26-31)44(45,46)47/h8-17,26-28H,5-7,18-25,29-30H2,1-4H3,(H,49,56)(H,51,57). The summed E-state index contributed by atoms with van der Waals surface area (Å²) in [5.41, 5.74) is 2.76. The Morgan fingerprint density at radius 2 is 1.59 bits per heavy atom. The zero-order valence-corrected chi connectivity index (χ0v) is 34.1. The molecule has 2 aromatic carbocycles. The van der Waals surface area contributed by atoms with Crippen molar-refractivity contribution in [2.45, 2.75) is 64.9 Å². The molecule has 0 spiro atoms. The second-order valence-electron chi connectivity index (χ2n) is 16.1. The van der Waals surface area contributed by atoms with Gasteiger partial charge in [-0.2, -0.15) is 13.2 Å². The molecule has 4 aromatic rings. The van der Waals surface area contributed by atoms with E-state index in [4.69, 9.17) is 9.72 Å². The monoisotopic (exact) mass is 814 g/mol. The number of nitrogens with one attached hydrogen (secondary N) is 2. The van der Waals surface area contributed by atoms with E-state index in [-0.39, 0.29) is 23.9 Å². The molecule has 3 amide bonds. The van der Waals surface area contributed by atoms with Crippen LogP contribution in [-0.2, 0) is 24.0 Å². The first kappa shape index (κ1) is 43.0. The number of ether oxygens (including phenoxy) is 1. The third kappa shape index (κ3) is 12.2. The molecule has 4 heterocycles. The Balaban J connectivity index is 1.11. The van der Waals surface area contributed by atoms with E-state index < -0.39 is 29.2 Å². The van der Waals surface area contributed by atoms with Crippen molar-refractivity contribution in [1.82, 2.24) is 30.0 Å². The zero-order valence-electron chi connectivity index (χ0n) is 34.1. The van der Waals surface area contributed by atoms with Gasteiger partial charge < -0.3 is 25.2 Å². The number of hydrogen-bond donors (Lipinski definition) is 2. The molecule has 2 N–H and O–H groups in total. The first-order valence-corrected chi connectivity index (χ1v) is 20.1. The summed E-state index contributed by atoms with van der Waals surface area (Å²) in [5, 5.41) is 5.75. The average Bonchev–Trinajstić information content (AvgIpc) is 3.22. The molecule has 15 heteroatoms. The van der Waals surface area contributed by atoms with Gasteiger partial charge in [-0.3, -0.25) is 24.4 Å². The lowest BCUT2D eigenvalue weighted by molar-refractivity contribution is -0.137. The molecule has 2 saturated heterocycles. The van der Waals surface area contributed by atoms with Gasteiger partial charge >= 0.3 is 12.3 Å². The number of carbonyl (C=O) groups is 3. The highest BCUT2D eigenvalue weighted by molar-refractivity contribution is 6.05. The van der Waals surface area contributed by atoms with Crippen molar-refractivity contribution in [3.63, 3.8) is 0 Å². The number of hydrogen-bond acceptors (Lipinski definition) is 9. The summed E-state index contributed by atoms with van der Waals surface area (Å²) in [6, 6.07) is 19.1. The molecule has 0 radical (unpaired) electrons. The summed E-state index contributed by atoms with van der Waals surface area (Å²) in [6.45, 7) is 12.2. The summed E-state index contributed by atoms with van der Waals surface area (Å²) in [4.78, 5) is 57.3. The summed E-state index contributed by atoms with van der Waals surface area (Å²) in [7, 11) is 2.01. The molecule has 2 aromatic heterocycles. The number of piperidine rings is 1. The van der Waals surface area contributed by atoms with Gasteiger partial charge in [0.25, 0.3) is 11.8 Å². The highest BCUT2D eigenvalue weighted by Crippen LogP contribution is 2.33. The van der Waals surface area contributed by atoms with E-state index in [0.29, 0.717) is 42.1 Å². The van der Waals surface area contributed by atoms with E-state index in [9.17, 15) is 27.6 Å². The Kier molecular flexibility index (Phi) is 13.9. The summed E-state index contributed by atoms with van der Waals surface area (Å²) < 4.78 is 45.3. The largest absolute Gasteiger partial charge is 0.444 e. The molecule has 12 nitrogen and oxygen atoms in total. The number of likely N-dealkylation sites (N-methyl/N-ethyl adjacent to an activating group) is 1. The van der Waals surface area contributed by atoms with Crippen LogP contribution in [0.5, 0.6) is 0 Å². The number of carbonyl (C=O) groups excluding carboxylic acids is 3. The fourth-order valence-electron chi connectivity index (χ4n) is 7.09. The molecule has 0 atom stereocenters. The minimum absolute atomic E-state index is 0.0945. The number of rotatable bonds is 12. The maximum Gasteiger partial charge on any atom is 0.416 e. The topological polar surface area (TPSA) is 123 Å². The first-order valence-electron chi connectivity index (χ1n) is 20.1. The molecular formula is C44H53F3N8O4. The predicted octanol–water partition coefficient (Wildman–Crippen LogP) is 7.32. The molecule has 2 aliphatic rings. The normalized spacial score (nSPS) is 15.3. The second-order valence-corrected chi connectivity index (χ2v) is 16.1. The minimum Gasteiger partial charge on any atom is -0.444 e. The fraction of sp³-hybridized carbons (Fsp3) is 0.432. The number of aromatic nitrogens is 2. The lowest BCUT2D eigenvalue weighted by Crippen LogP contribution is -2.51. The van der Waals surface area contributed by atoms with Gasteiger partial charge in [-0.05, 0) is 107 Å². The average molecular weight is 815 g/mol. The van der Waals surface area contributed by atoms with Crippen LogP contribution in [0.4, 0.5) is 29.3 Å². The summed E-state index contributed by atoms with van der Waals surface area (Å²) in [6.07, 6.45) is 0.0245. The van der Waals surface area contributed by atoms with Crippen LogP contribution in [-0.4, -0.2) is 108 Å². The Labute approximate surface area is 343 Å². The van der Waals surface area contributed by atoms with E-state index in [0.717, 1.165) is 82.0 Å². The van der Waals surface area contributed by atoms with Crippen molar-refractivity contribution in [2.24, 2.45) is 0 Å². The van der Waals surface area contributed by atoms with Gasteiger partial charge in [0.05, 0.1) is 22.6 Å². The zero-order chi connectivity index (χ0) is 42.2. The number of pyridine rings is 2. The first-order chi connectivity index (χ1) is 28.1. The lowest BCUT2D eigenvalue weighted by atomic mass is 10.0. The van der Waals surface area contributed by atoms with Crippen LogP contribution >= 0.6 is 0 Å². The predicted molar refractivity (Wildman–Crippen MR) is 221 cm³/mol. The summed E-state index contributed by atoms with van der Waals surface area (Å²) in [5.74, 6) is -0.880. The molecule has 314 valence electrons. The molecule has 2 fully saturated rings. The van der Waals surface area contributed by atoms with Crippen molar-refractivity contribution in [1.29, 1.82) is 0 Å². The Morgan fingerprint density at radius 3 is 2.32 bits per heavy atom. The number of amides is 3. The van der Waals surface area contributed by atoms with Crippen molar-refractivity contribution in [3.05, 3.63) is 107 Å².